The molecular formula is C12H18N6O4. The highest BCUT2D eigenvalue weighted by molar-refractivity contribution is 5.83. The first-order chi connectivity index (χ1) is 10.4. The van der Waals surface area contributed by atoms with Gasteiger partial charge in [-0.3, -0.25) is 4.57 Å². The molecule has 0 amide bonds. The van der Waals surface area contributed by atoms with E-state index in [9.17, 15) is 15.3 Å². The zero-order chi connectivity index (χ0) is 16.0. The highest BCUT2D eigenvalue weighted by Gasteiger charge is 2.44. The van der Waals surface area contributed by atoms with E-state index in [-0.39, 0.29) is 5.82 Å². The molecule has 2 aromatic rings. The molecule has 22 heavy (non-hydrogen) atoms. The number of ether oxygens (including phenoxy) is 1. The molecule has 5 N–H and O–H groups in total. The van der Waals surface area contributed by atoms with Gasteiger partial charge in [0.2, 0.25) is 5.95 Å². The molecule has 0 aromatic carbocycles. The fourth-order valence-corrected chi connectivity index (χ4v) is 2.42. The molecule has 2 aromatic heterocycles. The van der Waals surface area contributed by atoms with Crippen molar-refractivity contribution in [2.24, 2.45) is 0 Å². The van der Waals surface area contributed by atoms with Gasteiger partial charge in [-0.2, -0.15) is 9.97 Å². The van der Waals surface area contributed by atoms with Crippen molar-refractivity contribution in [3.05, 3.63) is 6.33 Å². The van der Waals surface area contributed by atoms with Gasteiger partial charge in [0.05, 0.1) is 12.9 Å². The minimum Gasteiger partial charge on any atom is -0.394 e. The van der Waals surface area contributed by atoms with Gasteiger partial charge in [-0.15, -0.1) is 0 Å². The van der Waals surface area contributed by atoms with E-state index < -0.39 is 31.1 Å². The number of rotatable bonds is 3. The summed E-state index contributed by atoms with van der Waals surface area (Å²) in [7, 11) is 3.54. The number of anilines is 2. The number of nitrogen functional groups attached to an aromatic ring is 1. The number of aliphatic hydroxyl groups is 3. The zero-order valence-corrected chi connectivity index (χ0v) is 12.2. The van der Waals surface area contributed by atoms with Gasteiger partial charge in [0.15, 0.2) is 17.7 Å². The topological polar surface area (TPSA) is 143 Å². The maximum atomic E-state index is 10.1. The molecule has 10 heteroatoms. The summed E-state index contributed by atoms with van der Waals surface area (Å²) in [5.74, 6) is 0.595. The van der Waals surface area contributed by atoms with Crippen LogP contribution < -0.4 is 10.6 Å². The third kappa shape index (κ3) is 2.16. The average molecular weight is 310 g/mol. The van der Waals surface area contributed by atoms with E-state index in [0.29, 0.717) is 17.1 Å². The SMILES string of the molecule is CN(C)c1nc(N)c2ncn([C@@H]3O[C@H](CO)[C@@H](O)[C@H]3O)c2n1. The Labute approximate surface area is 125 Å². The van der Waals surface area contributed by atoms with Crippen LogP contribution in [0.3, 0.4) is 0 Å². The fraction of sp³-hybridized carbons (Fsp3) is 0.583. The van der Waals surface area contributed by atoms with Crippen molar-refractivity contribution in [1.82, 2.24) is 19.5 Å². The first-order valence-electron chi connectivity index (χ1n) is 6.74. The Morgan fingerprint density at radius 3 is 2.64 bits per heavy atom. The number of nitrogens with two attached hydrogens (primary N) is 1. The molecule has 0 unspecified atom stereocenters. The number of nitrogens with zero attached hydrogens (tertiary/aromatic N) is 5. The summed E-state index contributed by atoms with van der Waals surface area (Å²) in [6.07, 6.45) is -2.78. The average Bonchev–Trinajstić information content (AvgIpc) is 3.02. The molecule has 0 aliphatic carbocycles. The molecule has 120 valence electrons. The van der Waals surface area contributed by atoms with Crippen LogP contribution in [0.15, 0.2) is 6.33 Å². The predicted octanol–water partition coefficient (Wildman–Crippen LogP) is -1.91. The molecule has 3 heterocycles. The first kappa shape index (κ1) is 14.9. The quantitative estimate of drug-likeness (QED) is 0.510. The Kier molecular flexibility index (Phi) is 3.60. The molecule has 1 aliphatic heterocycles. The van der Waals surface area contributed by atoms with Crippen LogP contribution in [-0.4, -0.2) is 73.9 Å². The van der Waals surface area contributed by atoms with E-state index in [1.807, 2.05) is 0 Å². The van der Waals surface area contributed by atoms with Crippen LogP contribution in [0.25, 0.3) is 11.2 Å². The van der Waals surface area contributed by atoms with Gasteiger partial charge in [0.25, 0.3) is 0 Å². The number of hydrogen-bond donors (Lipinski definition) is 4. The number of hydrogen-bond acceptors (Lipinski definition) is 9. The molecule has 10 nitrogen and oxygen atoms in total. The van der Waals surface area contributed by atoms with Crippen LogP contribution in [0.4, 0.5) is 11.8 Å². The summed E-state index contributed by atoms with van der Waals surface area (Å²) in [5.41, 5.74) is 6.63. The highest BCUT2D eigenvalue weighted by Crippen LogP contribution is 2.32. The van der Waals surface area contributed by atoms with Crippen molar-refractivity contribution in [2.45, 2.75) is 24.5 Å². The number of fused-ring (bicyclic) bond motifs is 1. The van der Waals surface area contributed by atoms with Gasteiger partial charge < -0.3 is 30.7 Å². The van der Waals surface area contributed by atoms with Gasteiger partial charge in [0, 0.05) is 14.1 Å². The Morgan fingerprint density at radius 1 is 1.32 bits per heavy atom. The number of aliphatic hydroxyl groups excluding tert-OH is 3. The lowest BCUT2D eigenvalue weighted by Gasteiger charge is -2.17. The van der Waals surface area contributed by atoms with Crippen LogP contribution in [0, 0.1) is 0 Å². The molecule has 0 bridgehead atoms. The predicted molar refractivity (Wildman–Crippen MR) is 77.1 cm³/mol. The minimum atomic E-state index is -1.21. The Hall–Kier alpha value is -2.01. The molecule has 0 spiro atoms. The van der Waals surface area contributed by atoms with Gasteiger partial charge >= 0.3 is 0 Å². The minimum absolute atomic E-state index is 0.208. The lowest BCUT2D eigenvalue weighted by atomic mass is 10.1. The lowest BCUT2D eigenvalue weighted by molar-refractivity contribution is -0.0511. The summed E-state index contributed by atoms with van der Waals surface area (Å²) in [4.78, 5) is 14.3. The van der Waals surface area contributed by atoms with Crippen LogP contribution >= 0.6 is 0 Å². The Bertz CT molecular complexity index is 690. The van der Waals surface area contributed by atoms with E-state index in [1.54, 1.807) is 19.0 Å². The van der Waals surface area contributed by atoms with Gasteiger partial charge in [-0.25, -0.2) is 4.98 Å². The van der Waals surface area contributed by atoms with Crippen molar-refractivity contribution in [3.8, 4) is 0 Å². The third-order valence-corrected chi connectivity index (χ3v) is 3.63. The molecule has 0 saturated carbocycles. The number of aromatic nitrogens is 4. The van der Waals surface area contributed by atoms with Crippen LogP contribution in [-0.2, 0) is 4.74 Å². The zero-order valence-electron chi connectivity index (χ0n) is 12.2. The van der Waals surface area contributed by atoms with Crippen molar-refractivity contribution in [3.63, 3.8) is 0 Å². The smallest absolute Gasteiger partial charge is 0.228 e. The van der Waals surface area contributed by atoms with Crippen LogP contribution in [0.5, 0.6) is 0 Å². The maximum Gasteiger partial charge on any atom is 0.228 e. The normalized spacial score (nSPS) is 28.4. The molecule has 3 rings (SSSR count). The molecule has 1 saturated heterocycles. The fourth-order valence-electron chi connectivity index (χ4n) is 2.42. The summed E-state index contributed by atoms with van der Waals surface area (Å²) < 4.78 is 6.96. The molecule has 4 atom stereocenters. The van der Waals surface area contributed by atoms with Crippen LogP contribution in [0.1, 0.15) is 6.23 Å². The lowest BCUT2D eigenvalue weighted by Crippen LogP contribution is -2.33. The van der Waals surface area contributed by atoms with Crippen molar-refractivity contribution in [2.75, 3.05) is 31.3 Å². The van der Waals surface area contributed by atoms with Crippen LogP contribution in [0.2, 0.25) is 0 Å². The van der Waals surface area contributed by atoms with Gasteiger partial charge in [0.1, 0.15) is 23.8 Å². The molecule has 0 radical (unpaired) electrons. The Morgan fingerprint density at radius 2 is 2.05 bits per heavy atom. The second-order valence-electron chi connectivity index (χ2n) is 5.36. The molecule has 1 fully saturated rings. The summed E-state index contributed by atoms with van der Waals surface area (Å²) >= 11 is 0. The van der Waals surface area contributed by atoms with Crippen molar-refractivity contribution < 1.29 is 20.1 Å². The van der Waals surface area contributed by atoms with E-state index in [0.717, 1.165) is 0 Å². The maximum absolute atomic E-state index is 10.1. The number of imidazole rings is 1. The summed E-state index contributed by atoms with van der Waals surface area (Å²) in [5, 5.41) is 29.2. The van der Waals surface area contributed by atoms with Gasteiger partial charge in [-0.1, -0.05) is 0 Å². The Balaban J connectivity index is 2.08. The summed E-state index contributed by atoms with van der Waals surface area (Å²) in [6, 6.07) is 0. The standard InChI is InChI=1S/C12H18N6O4/c1-17(2)12-15-9(13)6-10(16-12)18(4-14-6)11-8(21)7(20)5(3-19)22-11/h4-5,7-8,11,19-21H,3H2,1-2H3,(H2,13,15,16)/t5-,7-,8-,11-/m1/s1. The second kappa shape index (κ2) is 5.32. The van der Waals surface area contributed by atoms with E-state index >= 15 is 0 Å². The summed E-state index contributed by atoms with van der Waals surface area (Å²) in [6.45, 7) is -0.401. The molecular weight excluding hydrogens is 292 g/mol. The van der Waals surface area contributed by atoms with E-state index in [1.165, 1.54) is 10.9 Å². The second-order valence-corrected chi connectivity index (χ2v) is 5.36. The van der Waals surface area contributed by atoms with E-state index in [2.05, 4.69) is 15.0 Å². The van der Waals surface area contributed by atoms with E-state index in [4.69, 9.17) is 10.5 Å². The van der Waals surface area contributed by atoms with Crippen molar-refractivity contribution >= 4 is 22.9 Å². The monoisotopic (exact) mass is 310 g/mol. The first-order valence-corrected chi connectivity index (χ1v) is 6.74. The molecule has 1 aliphatic rings. The largest absolute Gasteiger partial charge is 0.394 e. The third-order valence-electron chi connectivity index (χ3n) is 3.63. The van der Waals surface area contributed by atoms with Crippen molar-refractivity contribution in [1.29, 1.82) is 0 Å². The highest BCUT2D eigenvalue weighted by atomic mass is 16.6. The van der Waals surface area contributed by atoms with Gasteiger partial charge in [-0.05, 0) is 0 Å².